The van der Waals surface area contributed by atoms with Crippen molar-refractivity contribution in [3.8, 4) is 5.75 Å². The van der Waals surface area contributed by atoms with Crippen LogP contribution in [-0.4, -0.2) is 6.17 Å². The van der Waals surface area contributed by atoms with E-state index in [1.54, 1.807) is 0 Å². The molecule has 7 heteroatoms. The van der Waals surface area contributed by atoms with E-state index in [1.165, 1.54) is 12.1 Å². The van der Waals surface area contributed by atoms with Gasteiger partial charge in [-0.15, -0.1) is 0 Å². The lowest BCUT2D eigenvalue weighted by atomic mass is 9.78. The Morgan fingerprint density at radius 3 is 2.07 bits per heavy atom. The number of hydrogen-bond acceptors (Lipinski definition) is 1. The molecular weight excluding hydrogens is 406 g/mol. The minimum Gasteiger partial charge on any atom is -0.429 e. The molecule has 0 saturated heterocycles. The van der Waals surface area contributed by atoms with Crippen molar-refractivity contribution in [2.75, 3.05) is 0 Å². The van der Waals surface area contributed by atoms with Crippen molar-refractivity contribution in [3.63, 3.8) is 0 Å². The monoisotopic (exact) mass is 430 g/mol. The molecule has 3 rings (SSSR count). The highest BCUT2D eigenvalue weighted by Gasteiger charge is 2.35. The van der Waals surface area contributed by atoms with Gasteiger partial charge in [0.25, 0.3) is 0 Å². The Hall–Kier alpha value is -2.18. The maximum atomic E-state index is 14.7. The van der Waals surface area contributed by atoms with Gasteiger partial charge in [0.2, 0.25) is 0 Å². The number of hydrogen-bond donors (Lipinski definition) is 0. The summed E-state index contributed by atoms with van der Waals surface area (Å²) in [6, 6.07) is 5.66. The molecule has 0 aromatic heterocycles. The van der Waals surface area contributed by atoms with Crippen LogP contribution in [0.5, 0.6) is 5.75 Å². The summed E-state index contributed by atoms with van der Waals surface area (Å²) >= 11 is 0. The zero-order valence-corrected chi connectivity index (χ0v) is 16.6. The molecule has 30 heavy (non-hydrogen) atoms. The Bertz CT molecular complexity index is 820. The standard InChI is InChI=1S/C23H24F6O/c1-2-14-3-7-16(8-4-14)19(24)11-15-5-9-17(10-6-15)23(28,29)30-18-12-20(25)22(27)21(26)13-18/h5-6,9-10,12-14,16,19H,2-4,7-8,11H2,1H3. The molecule has 0 bridgehead atoms. The van der Waals surface area contributed by atoms with Crippen molar-refractivity contribution in [1.82, 2.24) is 0 Å². The van der Waals surface area contributed by atoms with Crippen LogP contribution in [0.1, 0.15) is 50.2 Å². The van der Waals surface area contributed by atoms with Gasteiger partial charge in [-0.05, 0) is 42.4 Å². The SMILES string of the molecule is CCC1CCC(C(F)Cc2ccc(C(F)(F)Oc3cc(F)c(F)c(F)c3)cc2)CC1. The van der Waals surface area contributed by atoms with Crippen molar-refractivity contribution in [1.29, 1.82) is 0 Å². The molecule has 164 valence electrons. The quantitative estimate of drug-likeness (QED) is 0.330. The van der Waals surface area contributed by atoms with Gasteiger partial charge in [0.1, 0.15) is 11.9 Å². The smallest absolute Gasteiger partial charge is 0.426 e. The number of ether oxygens (including phenoxy) is 1. The minimum atomic E-state index is -3.90. The first-order valence-electron chi connectivity index (χ1n) is 10.1. The van der Waals surface area contributed by atoms with Crippen LogP contribution in [-0.2, 0) is 12.5 Å². The van der Waals surface area contributed by atoms with Crippen LogP contribution in [0.4, 0.5) is 26.3 Å². The van der Waals surface area contributed by atoms with E-state index in [2.05, 4.69) is 11.7 Å². The van der Waals surface area contributed by atoms with Gasteiger partial charge < -0.3 is 4.74 Å². The summed E-state index contributed by atoms with van der Waals surface area (Å²) in [5.41, 5.74) is 0.0220. The van der Waals surface area contributed by atoms with Crippen molar-refractivity contribution in [2.45, 2.75) is 57.7 Å². The average Bonchev–Trinajstić information content (AvgIpc) is 2.72. The largest absolute Gasteiger partial charge is 0.429 e. The van der Waals surface area contributed by atoms with E-state index in [0.717, 1.165) is 44.2 Å². The maximum absolute atomic E-state index is 14.7. The normalized spacial score (nSPS) is 20.8. The predicted molar refractivity (Wildman–Crippen MR) is 102 cm³/mol. The van der Waals surface area contributed by atoms with E-state index in [4.69, 9.17) is 0 Å². The molecule has 0 amide bonds. The van der Waals surface area contributed by atoms with E-state index >= 15 is 0 Å². The van der Waals surface area contributed by atoms with Crippen molar-refractivity contribution in [2.24, 2.45) is 11.8 Å². The summed E-state index contributed by atoms with van der Waals surface area (Å²) in [7, 11) is 0. The third-order valence-electron chi connectivity index (χ3n) is 5.90. The summed E-state index contributed by atoms with van der Waals surface area (Å²) < 4.78 is 87.1. The Kier molecular flexibility index (Phi) is 6.98. The molecule has 0 radical (unpaired) electrons. The zero-order valence-electron chi connectivity index (χ0n) is 16.6. The first kappa shape index (κ1) is 22.5. The van der Waals surface area contributed by atoms with Gasteiger partial charge in [0, 0.05) is 18.6 Å². The summed E-state index contributed by atoms with van der Waals surface area (Å²) in [4.78, 5) is 0. The lowest BCUT2D eigenvalue weighted by molar-refractivity contribution is -0.185. The fraction of sp³-hybridized carbons (Fsp3) is 0.478. The summed E-state index contributed by atoms with van der Waals surface area (Å²) in [5, 5.41) is 0. The van der Waals surface area contributed by atoms with Crippen LogP contribution in [0.2, 0.25) is 0 Å². The molecular formula is C23H24F6O. The highest BCUT2D eigenvalue weighted by atomic mass is 19.3. The summed E-state index contributed by atoms with van der Waals surface area (Å²) in [6.45, 7) is 2.14. The second-order valence-corrected chi connectivity index (χ2v) is 7.93. The number of halogens is 6. The van der Waals surface area contributed by atoms with Gasteiger partial charge in [-0.25, -0.2) is 17.6 Å². The Morgan fingerprint density at radius 2 is 1.53 bits per heavy atom. The third-order valence-corrected chi connectivity index (χ3v) is 5.90. The first-order valence-corrected chi connectivity index (χ1v) is 10.1. The summed E-state index contributed by atoms with van der Waals surface area (Å²) in [6.07, 6.45) is 0.0478. The predicted octanol–water partition coefficient (Wildman–Crippen LogP) is 7.33. The molecule has 0 aliphatic heterocycles. The minimum absolute atomic E-state index is 0.0134. The van der Waals surface area contributed by atoms with Crippen LogP contribution in [0, 0.1) is 29.3 Å². The second-order valence-electron chi connectivity index (χ2n) is 7.93. The molecule has 0 heterocycles. The van der Waals surface area contributed by atoms with Crippen LogP contribution >= 0.6 is 0 Å². The van der Waals surface area contributed by atoms with E-state index in [9.17, 15) is 26.3 Å². The Balaban J connectivity index is 1.63. The van der Waals surface area contributed by atoms with Crippen LogP contribution < -0.4 is 4.74 Å². The molecule has 1 atom stereocenters. The van der Waals surface area contributed by atoms with Crippen molar-refractivity contribution >= 4 is 0 Å². The molecule has 1 saturated carbocycles. The Morgan fingerprint density at radius 1 is 0.967 bits per heavy atom. The van der Waals surface area contributed by atoms with Crippen LogP contribution in [0.15, 0.2) is 36.4 Å². The number of alkyl halides is 3. The third kappa shape index (κ3) is 5.29. The second kappa shape index (κ2) is 9.31. The molecule has 2 aromatic rings. The van der Waals surface area contributed by atoms with E-state index in [1.807, 2.05) is 0 Å². The molecule has 2 aromatic carbocycles. The number of benzene rings is 2. The molecule has 0 spiro atoms. The van der Waals surface area contributed by atoms with Gasteiger partial charge in [0.15, 0.2) is 17.5 Å². The fourth-order valence-corrected chi connectivity index (χ4v) is 3.98. The maximum Gasteiger partial charge on any atom is 0.426 e. The zero-order chi connectivity index (χ0) is 21.9. The lowest BCUT2D eigenvalue weighted by Gasteiger charge is -2.30. The van der Waals surface area contributed by atoms with Gasteiger partial charge in [-0.1, -0.05) is 38.3 Å². The molecule has 1 aliphatic carbocycles. The molecule has 1 unspecified atom stereocenters. The fourth-order valence-electron chi connectivity index (χ4n) is 3.98. The highest BCUT2D eigenvalue weighted by molar-refractivity contribution is 5.29. The van der Waals surface area contributed by atoms with Gasteiger partial charge in [-0.3, -0.25) is 0 Å². The van der Waals surface area contributed by atoms with Gasteiger partial charge in [0.05, 0.1) is 5.56 Å². The topological polar surface area (TPSA) is 9.23 Å². The van der Waals surface area contributed by atoms with Gasteiger partial charge in [-0.2, -0.15) is 8.78 Å². The lowest BCUT2D eigenvalue weighted by Crippen LogP contribution is -2.24. The van der Waals surface area contributed by atoms with Crippen molar-refractivity contribution < 1.29 is 31.1 Å². The van der Waals surface area contributed by atoms with Gasteiger partial charge >= 0.3 is 6.11 Å². The first-order chi connectivity index (χ1) is 14.2. The summed E-state index contributed by atoms with van der Waals surface area (Å²) in [5.74, 6) is -5.21. The number of rotatable bonds is 7. The molecule has 1 nitrogen and oxygen atoms in total. The van der Waals surface area contributed by atoms with Crippen molar-refractivity contribution in [3.05, 3.63) is 65.0 Å². The average molecular weight is 430 g/mol. The van der Waals surface area contributed by atoms with Crippen LogP contribution in [0.3, 0.4) is 0 Å². The highest BCUT2D eigenvalue weighted by Crippen LogP contribution is 2.36. The molecule has 1 fully saturated rings. The van der Waals surface area contributed by atoms with E-state index in [0.29, 0.717) is 23.6 Å². The van der Waals surface area contributed by atoms with E-state index < -0.39 is 41.0 Å². The Labute approximate surface area is 172 Å². The van der Waals surface area contributed by atoms with Crippen LogP contribution in [0.25, 0.3) is 0 Å². The molecule has 1 aliphatic rings. The van der Waals surface area contributed by atoms with E-state index in [-0.39, 0.29) is 12.3 Å². The molecule has 0 N–H and O–H groups in total.